The molecule has 0 atom stereocenters. The molecule has 0 saturated carbocycles. The molecule has 5 aromatic heterocycles. The lowest BCUT2D eigenvalue weighted by atomic mass is 10.0. The van der Waals surface area contributed by atoms with Crippen molar-refractivity contribution in [3.8, 4) is 34.0 Å². The minimum Gasteiger partial charge on any atom is -0.353 e. The number of nitrogens with zero attached hydrogens (tertiary/aromatic N) is 6. The maximum atomic E-state index is 14.6. The average molecular weight is 585 g/mol. The molecule has 0 unspecified atom stereocenters. The molecule has 14 heteroatoms. The number of pyridine rings is 2. The molecule has 1 aliphatic heterocycles. The van der Waals surface area contributed by atoms with Crippen LogP contribution in [0.5, 0.6) is 0 Å². The van der Waals surface area contributed by atoms with E-state index >= 15 is 0 Å². The first-order chi connectivity index (χ1) is 20.2. The second-order valence-electron chi connectivity index (χ2n) is 10.3. The Kier molecular flexibility index (Phi) is 6.18. The second kappa shape index (κ2) is 9.94. The first kappa shape index (κ1) is 26.1. The maximum Gasteiger partial charge on any atom is 0.209 e. The smallest absolute Gasteiger partial charge is 0.209 e. The van der Waals surface area contributed by atoms with Crippen molar-refractivity contribution < 1.29 is 12.8 Å². The zero-order valence-corrected chi connectivity index (χ0v) is 23.2. The number of H-pyrrole nitrogens is 2. The Hall–Kier alpha value is -4.79. The molecular formula is C28H25FN10O2S. The van der Waals surface area contributed by atoms with Crippen molar-refractivity contribution >= 4 is 37.8 Å². The molecule has 12 nitrogen and oxygen atoms in total. The van der Waals surface area contributed by atoms with Gasteiger partial charge in [0.1, 0.15) is 28.5 Å². The Morgan fingerprint density at radius 1 is 1.05 bits per heavy atom. The molecule has 6 aromatic rings. The van der Waals surface area contributed by atoms with Gasteiger partial charge in [0.05, 0.1) is 41.2 Å². The highest BCUT2D eigenvalue weighted by Gasteiger charge is 2.25. The van der Waals surface area contributed by atoms with Gasteiger partial charge < -0.3 is 15.6 Å². The number of hydrogen-bond donors (Lipinski definition) is 4. The van der Waals surface area contributed by atoms with E-state index in [0.29, 0.717) is 45.1 Å². The molecule has 0 amide bonds. The van der Waals surface area contributed by atoms with Crippen LogP contribution < -0.4 is 15.4 Å². The van der Waals surface area contributed by atoms with Crippen molar-refractivity contribution in [3.05, 3.63) is 72.4 Å². The van der Waals surface area contributed by atoms with Gasteiger partial charge in [-0.2, -0.15) is 5.10 Å². The lowest BCUT2D eigenvalue weighted by Gasteiger charge is -2.37. The van der Waals surface area contributed by atoms with Gasteiger partial charge in [0, 0.05) is 48.3 Å². The van der Waals surface area contributed by atoms with Gasteiger partial charge >= 0.3 is 0 Å². The second-order valence-corrected chi connectivity index (χ2v) is 12.2. The SMILES string of the molecule is CS(=O)(=O)NCc1cc(F)cc(-c2nccc3[nH]c(-c4n[nH]c5ccc(-c6cncc(N7CC(N)C7)n6)nc45)cc23)c1. The third kappa shape index (κ3) is 4.95. The van der Waals surface area contributed by atoms with Gasteiger partial charge in [0.2, 0.25) is 10.0 Å². The molecule has 212 valence electrons. The van der Waals surface area contributed by atoms with Gasteiger partial charge in [-0.3, -0.25) is 15.1 Å². The summed E-state index contributed by atoms with van der Waals surface area (Å²) in [5.74, 6) is 0.262. The number of benzene rings is 1. The summed E-state index contributed by atoms with van der Waals surface area (Å²) in [4.78, 5) is 24.0. The number of rotatable bonds is 7. The molecular weight excluding hydrogens is 559 g/mol. The molecule has 1 aromatic carbocycles. The van der Waals surface area contributed by atoms with E-state index in [0.717, 1.165) is 41.6 Å². The van der Waals surface area contributed by atoms with E-state index in [2.05, 4.69) is 34.8 Å². The molecule has 6 heterocycles. The predicted molar refractivity (Wildman–Crippen MR) is 157 cm³/mol. The van der Waals surface area contributed by atoms with Crippen LogP contribution in [0, 0.1) is 5.82 Å². The quantitative estimate of drug-likeness (QED) is 0.220. The van der Waals surface area contributed by atoms with Crippen LogP contribution in [0.1, 0.15) is 5.56 Å². The van der Waals surface area contributed by atoms with Crippen molar-refractivity contribution in [1.29, 1.82) is 0 Å². The number of sulfonamides is 1. The lowest BCUT2D eigenvalue weighted by Crippen LogP contribution is -2.56. The summed E-state index contributed by atoms with van der Waals surface area (Å²) >= 11 is 0. The Labute approximate surface area is 239 Å². The fourth-order valence-corrected chi connectivity index (χ4v) is 5.50. The van der Waals surface area contributed by atoms with Gasteiger partial charge in [-0.25, -0.2) is 27.5 Å². The third-order valence-electron chi connectivity index (χ3n) is 7.10. The Balaban J connectivity index is 1.26. The number of nitrogens with two attached hydrogens (primary N) is 1. The minimum absolute atomic E-state index is 0.0376. The summed E-state index contributed by atoms with van der Waals surface area (Å²) in [6.07, 6.45) is 6.09. The van der Waals surface area contributed by atoms with Gasteiger partial charge in [-0.1, -0.05) is 0 Å². The van der Waals surface area contributed by atoms with E-state index in [9.17, 15) is 12.8 Å². The summed E-state index contributed by atoms with van der Waals surface area (Å²) < 4.78 is 40.1. The largest absolute Gasteiger partial charge is 0.353 e. The molecule has 7 rings (SSSR count). The molecule has 1 fully saturated rings. The van der Waals surface area contributed by atoms with E-state index in [4.69, 9.17) is 15.7 Å². The minimum atomic E-state index is -3.44. The van der Waals surface area contributed by atoms with Crippen LogP contribution in [0.25, 0.3) is 56.0 Å². The molecule has 0 radical (unpaired) electrons. The van der Waals surface area contributed by atoms with Gasteiger partial charge in [0.25, 0.3) is 0 Å². The van der Waals surface area contributed by atoms with Crippen molar-refractivity contribution in [2.75, 3.05) is 24.2 Å². The van der Waals surface area contributed by atoms with Crippen molar-refractivity contribution in [1.82, 2.24) is 39.8 Å². The molecule has 1 aliphatic rings. The zero-order chi connectivity index (χ0) is 29.0. The predicted octanol–water partition coefficient (Wildman–Crippen LogP) is 2.96. The van der Waals surface area contributed by atoms with Crippen LogP contribution in [0.2, 0.25) is 0 Å². The molecule has 5 N–H and O–H groups in total. The summed E-state index contributed by atoms with van der Waals surface area (Å²) in [6.45, 7) is 1.44. The van der Waals surface area contributed by atoms with E-state index in [1.165, 1.54) is 12.1 Å². The first-order valence-electron chi connectivity index (χ1n) is 13.1. The molecule has 0 aliphatic carbocycles. The van der Waals surface area contributed by atoms with E-state index in [1.807, 2.05) is 24.3 Å². The number of aromatic amines is 2. The highest BCUT2D eigenvalue weighted by Crippen LogP contribution is 2.34. The molecule has 0 bridgehead atoms. The summed E-state index contributed by atoms with van der Waals surface area (Å²) in [6, 6.07) is 12.0. The van der Waals surface area contributed by atoms with Crippen molar-refractivity contribution in [3.63, 3.8) is 0 Å². The Bertz CT molecular complexity index is 2090. The average Bonchev–Trinajstić information content (AvgIpc) is 3.57. The number of aromatic nitrogens is 7. The monoisotopic (exact) mass is 584 g/mol. The molecule has 1 saturated heterocycles. The topological polar surface area (TPSA) is 171 Å². The van der Waals surface area contributed by atoms with Crippen LogP contribution in [0.15, 0.2) is 61.1 Å². The Morgan fingerprint density at radius 3 is 2.71 bits per heavy atom. The highest BCUT2D eigenvalue weighted by molar-refractivity contribution is 7.88. The number of halogens is 1. The van der Waals surface area contributed by atoms with Crippen molar-refractivity contribution in [2.45, 2.75) is 12.6 Å². The summed E-state index contributed by atoms with van der Waals surface area (Å²) in [7, 11) is -3.44. The van der Waals surface area contributed by atoms with E-state index < -0.39 is 15.8 Å². The number of nitrogens with one attached hydrogen (secondary N) is 3. The van der Waals surface area contributed by atoms with Crippen LogP contribution >= 0.6 is 0 Å². The molecule has 42 heavy (non-hydrogen) atoms. The Morgan fingerprint density at radius 2 is 1.90 bits per heavy atom. The van der Waals surface area contributed by atoms with E-state index in [1.54, 1.807) is 24.7 Å². The van der Waals surface area contributed by atoms with Gasteiger partial charge in [0.15, 0.2) is 0 Å². The highest BCUT2D eigenvalue weighted by atomic mass is 32.2. The molecule has 0 spiro atoms. The van der Waals surface area contributed by atoms with Crippen molar-refractivity contribution in [2.24, 2.45) is 5.73 Å². The normalized spacial score (nSPS) is 14.1. The van der Waals surface area contributed by atoms with Gasteiger partial charge in [-0.15, -0.1) is 0 Å². The van der Waals surface area contributed by atoms with Gasteiger partial charge in [-0.05, 0) is 48.0 Å². The summed E-state index contributed by atoms with van der Waals surface area (Å²) in [5, 5.41) is 8.31. The van der Waals surface area contributed by atoms with Crippen LogP contribution in [0.4, 0.5) is 10.2 Å². The number of hydrogen-bond acceptors (Lipinski definition) is 9. The number of fused-ring (bicyclic) bond motifs is 2. The first-order valence-corrected chi connectivity index (χ1v) is 15.0. The maximum absolute atomic E-state index is 14.6. The van der Waals surface area contributed by atoms with E-state index in [-0.39, 0.29) is 12.6 Å². The standard InChI is InChI=1S/C28H25FN10O2S/c1-42(40,41)33-10-15-6-16(8-17(29)7-15)26-19-9-23(34-20(19)4-5-32-26)28-27-22(37-38-28)3-2-21(36-27)24-11-31-12-25(35-24)39-13-18(30)14-39/h2-9,11-12,18,33-34H,10,13-14,30H2,1H3,(H,37,38). The summed E-state index contributed by atoms with van der Waals surface area (Å²) in [5.41, 5.74) is 12.2. The lowest BCUT2D eigenvalue weighted by molar-refractivity contribution is 0.514. The fourth-order valence-electron chi connectivity index (χ4n) is 5.08. The fraction of sp³-hybridized carbons (Fsp3) is 0.179. The van der Waals surface area contributed by atoms with Crippen LogP contribution in [-0.4, -0.2) is 68.9 Å². The number of anilines is 1. The van der Waals surface area contributed by atoms with Crippen LogP contribution in [-0.2, 0) is 16.6 Å². The zero-order valence-electron chi connectivity index (χ0n) is 22.3. The van der Waals surface area contributed by atoms with Crippen LogP contribution in [0.3, 0.4) is 0 Å². The third-order valence-corrected chi connectivity index (χ3v) is 7.77.